The first-order valence-corrected chi connectivity index (χ1v) is 9.48. The lowest BCUT2D eigenvalue weighted by Crippen LogP contribution is -2.13. The fourth-order valence-electron chi connectivity index (χ4n) is 2.57. The summed E-state index contributed by atoms with van der Waals surface area (Å²) in [5.74, 6) is 0.462. The topological polar surface area (TPSA) is 83.1 Å². The highest BCUT2D eigenvalue weighted by molar-refractivity contribution is 7.98. The van der Waals surface area contributed by atoms with Gasteiger partial charge in [0.05, 0.1) is 18.6 Å². The monoisotopic (exact) mass is 388 g/mol. The van der Waals surface area contributed by atoms with E-state index in [0.29, 0.717) is 22.8 Å². The molecule has 0 aliphatic rings. The Kier molecular flexibility index (Phi) is 8.16. The molecule has 27 heavy (non-hydrogen) atoms. The predicted molar refractivity (Wildman–Crippen MR) is 108 cm³/mol. The molecule has 0 aliphatic heterocycles. The van der Waals surface area contributed by atoms with Gasteiger partial charge in [-0.05, 0) is 37.6 Å². The molecule has 2 rings (SSSR count). The van der Waals surface area contributed by atoms with Crippen LogP contribution in [0.1, 0.15) is 28.4 Å². The van der Waals surface area contributed by atoms with Crippen molar-refractivity contribution in [2.75, 3.05) is 20.5 Å². The Balaban J connectivity index is 2.54. The molecule has 6 nitrogen and oxygen atoms in total. The zero-order chi connectivity index (χ0) is 19.6. The van der Waals surface area contributed by atoms with Gasteiger partial charge in [0, 0.05) is 23.3 Å². The number of ether oxygens (including phenoxy) is 3. The quantitative estimate of drug-likeness (QED) is 0.229. The van der Waals surface area contributed by atoms with E-state index in [1.165, 1.54) is 13.4 Å². The van der Waals surface area contributed by atoms with E-state index in [1.807, 2.05) is 37.3 Å². The van der Waals surface area contributed by atoms with Gasteiger partial charge in [-0.25, -0.2) is 9.79 Å². The number of methoxy groups -OCH3 is 1. The number of hydrogen-bond acceptors (Lipinski definition) is 6. The maximum absolute atomic E-state index is 12.7. The second kappa shape index (κ2) is 10.6. The SMILES string of the molecule is CCOC(=O)c1c(OCOC)cc(C)c(/N=C\N)c1CSc1ccccc1. The number of thioether (sulfide) groups is 1. The zero-order valence-corrected chi connectivity index (χ0v) is 16.5. The molecule has 2 N–H and O–H groups in total. The van der Waals surface area contributed by atoms with Crippen molar-refractivity contribution in [2.45, 2.75) is 24.5 Å². The highest BCUT2D eigenvalue weighted by Crippen LogP contribution is 2.38. The number of aryl methyl sites for hydroxylation is 1. The summed E-state index contributed by atoms with van der Waals surface area (Å²) in [6, 6.07) is 11.7. The van der Waals surface area contributed by atoms with Crippen LogP contribution in [0, 0.1) is 6.92 Å². The molecule has 0 spiro atoms. The number of esters is 1. The van der Waals surface area contributed by atoms with Gasteiger partial charge in [-0.1, -0.05) is 18.2 Å². The molecular weight excluding hydrogens is 364 g/mol. The average Bonchev–Trinajstić information content (AvgIpc) is 2.67. The summed E-state index contributed by atoms with van der Waals surface area (Å²) in [6.45, 7) is 3.94. The van der Waals surface area contributed by atoms with Crippen LogP contribution in [0.4, 0.5) is 5.69 Å². The molecular formula is C20H24N2O4S. The van der Waals surface area contributed by atoms with Crippen LogP contribution in [0.2, 0.25) is 0 Å². The summed E-state index contributed by atoms with van der Waals surface area (Å²) in [6.07, 6.45) is 1.23. The molecule has 0 aromatic heterocycles. The number of benzene rings is 2. The first-order valence-electron chi connectivity index (χ1n) is 8.49. The molecule has 2 aromatic rings. The van der Waals surface area contributed by atoms with E-state index in [0.717, 1.165) is 16.0 Å². The van der Waals surface area contributed by atoms with Crippen LogP contribution < -0.4 is 10.5 Å². The van der Waals surface area contributed by atoms with Crippen LogP contribution in [0.15, 0.2) is 46.3 Å². The largest absolute Gasteiger partial charge is 0.467 e. The smallest absolute Gasteiger partial charge is 0.342 e. The molecule has 2 aromatic carbocycles. The highest BCUT2D eigenvalue weighted by atomic mass is 32.2. The number of carbonyl (C=O) groups excluding carboxylic acids is 1. The van der Waals surface area contributed by atoms with E-state index in [2.05, 4.69) is 4.99 Å². The molecule has 0 saturated carbocycles. The molecule has 0 bridgehead atoms. The van der Waals surface area contributed by atoms with Crippen molar-refractivity contribution in [1.29, 1.82) is 0 Å². The summed E-state index contributed by atoms with van der Waals surface area (Å²) in [7, 11) is 1.52. The maximum Gasteiger partial charge on any atom is 0.342 e. The first kappa shape index (κ1) is 20.8. The van der Waals surface area contributed by atoms with E-state index in [-0.39, 0.29) is 13.4 Å². The predicted octanol–water partition coefficient (Wildman–Crippen LogP) is 4.07. The molecule has 7 heteroatoms. The minimum absolute atomic E-state index is 0.0244. The zero-order valence-electron chi connectivity index (χ0n) is 15.7. The lowest BCUT2D eigenvalue weighted by Gasteiger charge is -2.18. The van der Waals surface area contributed by atoms with Crippen molar-refractivity contribution >= 4 is 29.8 Å². The number of carbonyl (C=O) groups is 1. The molecule has 0 aliphatic carbocycles. The van der Waals surface area contributed by atoms with Crippen LogP contribution in [-0.4, -0.2) is 32.8 Å². The molecule has 0 heterocycles. The molecule has 0 unspecified atom stereocenters. The number of rotatable bonds is 9. The Morgan fingerprint density at radius 2 is 2.04 bits per heavy atom. The summed E-state index contributed by atoms with van der Waals surface area (Å²) < 4.78 is 15.9. The van der Waals surface area contributed by atoms with Gasteiger partial charge < -0.3 is 19.9 Å². The third-order valence-corrected chi connectivity index (χ3v) is 4.74. The summed E-state index contributed by atoms with van der Waals surface area (Å²) in [5.41, 5.74) is 8.10. The first-order chi connectivity index (χ1) is 13.1. The van der Waals surface area contributed by atoms with Gasteiger partial charge in [0.2, 0.25) is 0 Å². The van der Waals surface area contributed by atoms with Gasteiger partial charge in [0.25, 0.3) is 0 Å². The van der Waals surface area contributed by atoms with Crippen LogP contribution >= 0.6 is 11.8 Å². The second-order valence-corrected chi connectivity index (χ2v) is 6.59. The van der Waals surface area contributed by atoms with E-state index < -0.39 is 5.97 Å². The van der Waals surface area contributed by atoms with E-state index in [4.69, 9.17) is 19.9 Å². The normalized spacial score (nSPS) is 10.9. The molecule has 0 saturated heterocycles. The van der Waals surface area contributed by atoms with Crippen molar-refractivity contribution in [3.63, 3.8) is 0 Å². The Morgan fingerprint density at radius 1 is 1.30 bits per heavy atom. The van der Waals surface area contributed by atoms with Crippen LogP contribution in [0.3, 0.4) is 0 Å². The van der Waals surface area contributed by atoms with Crippen LogP contribution in [-0.2, 0) is 15.2 Å². The van der Waals surface area contributed by atoms with Crippen LogP contribution in [0.25, 0.3) is 0 Å². The third kappa shape index (κ3) is 5.48. The van der Waals surface area contributed by atoms with Gasteiger partial charge in [-0.3, -0.25) is 0 Å². The summed E-state index contributed by atoms with van der Waals surface area (Å²) >= 11 is 1.60. The fraction of sp³-hybridized carbons (Fsp3) is 0.300. The fourth-order valence-corrected chi connectivity index (χ4v) is 3.51. The number of aliphatic imine (C=N–C) groups is 1. The minimum Gasteiger partial charge on any atom is -0.467 e. The minimum atomic E-state index is -0.458. The second-order valence-electron chi connectivity index (χ2n) is 5.54. The summed E-state index contributed by atoms with van der Waals surface area (Å²) in [4.78, 5) is 18.1. The van der Waals surface area contributed by atoms with Crippen molar-refractivity contribution < 1.29 is 19.0 Å². The lowest BCUT2D eigenvalue weighted by atomic mass is 10.0. The Bertz CT molecular complexity index is 794. The Morgan fingerprint density at radius 3 is 2.67 bits per heavy atom. The van der Waals surface area contributed by atoms with Gasteiger partial charge in [0.1, 0.15) is 11.3 Å². The van der Waals surface area contributed by atoms with Crippen molar-refractivity contribution in [3.05, 3.63) is 53.1 Å². The molecule has 0 radical (unpaired) electrons. The number of nitrogens with two attached hydrogens (primary N) is 1. The number of nitrogens with zero attached hydrogens (tertiary/aromatic N) is 1. The molecule has 0 amide bonds. The third-order valence-electron chi connectivity index (χ3n) is 3.70. The Labute approximate surface area is 163 Å². The lowest BCUT2D eigenvalue weighted by molar-refractivity contribution is 0.0437. The molecule has 144 valence electrons. The van der Waals surface area contributed by atoms with Crippen molar-refractivity contribution in [1.82, 2.24) is 0 Å². The standard InChI is InChI=1S/C20H24N2O4S/c1-4-25-20(23)18-16(11-27-15-8-6-5-7-9-15)19(22-12-21)14(2)10-17(18)26-13-24-3/h5-10,12H,4,11,13H2,1-3H3,(H2,21,22). The van der Waals surface area contributed by atoms with E-state index >= 15 is 0 Å². The van der Waals surface area contributed by atoms with E-state index in [9.17, 15) is 4.79 Å². The maximum atomic E-state index is 12.7. The van der Waals surface area contributed by atoms with Gasteiger partial charge in [-0.15, -0.1) is 11.8 Å². The van der Waals surface area contributed by atoms with Crippen molar-refractivity contribution in [2.24, 2.45) is 10.7 Å². The highest BCUT2D eigenvalue weighted by Gasteiger charge is 2.24. The Hall–Kier alpha value is -2.51. The van der Waals surface area contributed by atoms with E-state index in [1.54, 1.807) is 24.8 Å². The average molecular weight is 388 g/mol. The van der Waals surface area contributed by atoms with Gasteiger partial charge in [-0.2, -0.15) is 0 Å². The number of hydrogen-bond donors (Lipinski definition) is 1. The van der Waals surface area contributed by atoms with Crippen molar-refractivity contribution in [3.8, 4) is 5.75 Å². The van der Waals surface area contributed by atoms with Crippen LogP contribution in [0.5, 0.6) is 5.75 Å². The summed E-state index contributed by atoms with van der Waals surface area (Å²) in [5, 5.41) is 0. The molecule has 0 fully saturated rings. The van der Waals surface area contributed by atoms with Gasteiger partial charge >= 0.3 is 5.97 Å². The van der Waals surface area contributed by atoms with Gasteiger partial charge in [0.15, 0.2) is 6.79 Å². The molecule has 0 atom stereocenters.